The molecule has 0 fully saturated rings. The average Bonchev–Trinajstić information content (AvgIpc) is 3.14. The fourth-order valence-electron chi connectivity index (χ4n) is 7.01. The van der Waals surface area contributed by atoms with Gasteiger partial charge in [-0.05, 0) is 45.2 Å². The molecule has 0 atom stereocenters. The number of nitrogens with zero attached hydrogens (tertiary/aromatic N) is 3. The van der Waals surface area contributed by atoms with Crippen molar-refractivity contribution >= 4 is 0 Å². The van der Waals surface area contributed by atoms with Crippen LogP contribution in [0.15, 0.2) is 17.6 Å². The minimum Gasteiger partial charge on any atom is -0.496 e. The lowest BCUT2D eigenvalue weighted by Crippen LogP contribution is -2.30. The Morgan fingerprint density at radius 1 is 0.431 bits per heavy atom. The van der Waals surface area contributed by atoms with Crippen LogP contribution >= 0.6 is 0 Å². The van der Waals surface area contributed by atoms with Crippen LogP contribution in [0.2, 0.25) is 0 Å². The fraction of sp³-hybridized carbons (Fsp3) is 0.956. The van der Waals surface area contributed by atoms with Crippen LogP contribution in [0.4, 0.5) is 0 Å². The van der Waals surface area contributed by atoms with Gasteiger partial charge >= 0.3 is 0 Å². The van der Waals surface area contributed by atoms with Gasteiger partial charge in [-0.1, -0.05) is 194 Å². The summed E-state index contributed by atoms with van der Waals surface area (Å²) in [4.78, 5) is 13.8. The Balaban J connectivity index is 3.82. The van der Waals surface area contributed by atoms with E-state index in [0.29, 0.717) is 13.2 Å². The van der Waals surface area contributed by atoms with E-state index in [1.165, 1.54) is 193 Å². The topological polar surface area (TPSA) is 54.4 Å². The molecule has 304 valence electrons. The minimum atomic E-state index is 0.612. The highest BCUT2D eigenvalue weighted by atomic mass is 16.5. The van der Waals surface area contributed by atoms with E-state index in [1.54, 1.807) is 5.01 Å². The van der Waals surface area contributed by atoms with Crippen molar-refractivity contribution < 1.29 is 9.47 Å². The van der Waals surface area contributed by atoms with Gasteiger partial charge in [0.05, 0.1) is 24.3 Å². The third-order valence-corrected chi connectivity index (χ3v) is 10.5. The smallest absolute Gasteiger partial charge is 0.111 e. The normalized spacial score (nSPS) is 11.5. The van der Waals surface area contributed by atoms with E-state index in [-0.39, 0.29) is 0 Å². The predicted molar refractivity (Wildman–Crippen MR) is 224 cm³/mol. The summed E-state index contributed by atoms with van der Waals surface area (Å²) in [5, 5.41) is 5.01. The first-order chi connectivity index (χ1) is 25.2. The Hall–Kier alpha value is -1.14. The van der Waals surface area contributed by atoms with Crippen molar-refractivity contribution in [2.45, 2.75) is 226 Å². The molecule has 0 aromatic rings. The molecular formula is C45H91N3O3. The first-order valence-electron chi connectivity index (χ1n) is 22.9. The molecule has 0 saturated heterocycles. The summed E-state index contributed by atoms with van der Waals surface area (Å²) < 4.78 is 11.9. The zero-order valence-electron chi connectivity index (χ0n) is 35.1. The summed E-state index contributed by atoms with van der Waals surface area (Å²) in [5.41, 5.74) is 0. The van der Waals surface area contributed by atoms with Gasteiger partial charge in [-0.3, -0.25) is 5.01 Å². The van der Waals surface area contributed by atoms with Gasteiger partial charge in [0.2, 0.25) is 0 Å². The zero-order chi connectivity index (χ0) is 37.1. The standard InChI is InChI=1S/C45H91N3O3/c1-5-8-11-14-17-22-27-32-37-47(38-33-28-23-18-15-12-9-6-2)41-42-50-43-44-51-45(4)36-31-26-21-20-25-30-35-40-48(46-49)39-34-29-24-19-16-13-10-7-3/h4-44H2,1-3H3. The highest BCUT2D eigenvalue weighted by Gasteiger charge is 2.06. The van der Waals surface area contributed by atoms with E-state index in [0.717, 1.165) is 57.7 Å². The van der Waals surface area contributed by atoms with Crippen LogP contribution in [0.1, 0.15) is 226 Å². The number of rotatable bonds is 45. The van der Waals surface area contributed by atoms with Gasteiger partial charge in [0, 0.05) is 26.1 Å². The van der Waals surface area contributed by atoms with Crippen molar-refractivity contribution in [2.24, 2.45) is 5.29 Å². The lowest BCUT2D eigenvalue weighted by Gasteiger charge is -2.22. The van der Waals surface area contributed by atoms with E-state index in [9.17, 15) is 4.91 Å². The number of hydrogen-bond donors (Lipinski definition) is 0. The second-order valence-electron chi connectivity index (χ2n) is 15.5. The maximum atomic E-state index is 11.2. The first-order valence-corrected chi connectivity index (χ1v) is 22.9. The van der Waals surface area contributed by atoms with E-state index in [4.69, 9.17) is 9.47 Å². The molecule has 0 heterocycles. The maximum absolute atomic E-state index is 11.2. The molecule has 0 amide bonds. The molecule has 0 radical (unpaired) electrons. The quantitative estimate of drug-likeness (QED) is 0.0271. The SMILES string of the molecule is C=C(CCCCCCCCCN(CCCCCCCCCC)N=O)OCCOCCN(CCCCCCCCCC)CCCCCCCCCC. The molecular weight excluding hydrogens is 631 g/mol. The van der Waals surface area contributed by atoms with Gasteiger partial charge in [-0.15, -0.1) is 4.91 Å². The highest BCUT2D eigenvalue weighted by molar-refractivity contribution is 4.81. The van der Waals surface area contributed by atoms with Gasteiger partial charge in [0.25, 0.3) is 0 Å². The predicted octanol–water partition coefficient (Wildman–Crippen LogP) is 14.4. The molecule has 0 bridgehead atoms. The Morgan fingerprint density at radius 2 is 0.784 bits per heavy atom. The van der Waals surface area contributed by atoms with Crippen molar-refractivity contribution in [3.05, 3.63) is 17.2 Å². The van der Waals surface area contributed by atoms with Crippen LogP contribution in [0.3, 0.4) is 0 Å². The summed E-state index contributed by atoms with van der Waals surface area (Å²) in [6.07, 6.45) is 41.8. The maximum Gasteiger partial charge on any atom is 0.111 e. The van der Waals surface area contributed by atoms with Gasteiger partial charge < -0.3 is 14.4 Å². The van der Waals surface area contributed by atoms with Gasteiger partial charge in [-0.2, -0.15) is 0 Å². The summed E-state index contributed by atoms with van der Waals surface area (Å²) in [6.45, 7) is 18.2. The lowest BCUT2D eigenvalue weighted by atomic mass is 10.1. The van der Waals surface area contributed by atoms with Crippen molar-refractivity contribution in [3.8, 4) is 0 Å². The molecule has 51 heavy (non-hydrogen) atoms. The van der Waals surface area contributed by atoms with E-state index >= 15 is 0 Å². The molecule has 0 spiro atoms. The zero-order valence-corrected chi connectivity index (χ0v) is 35.1. The lowest BCUT2D eigenvalue weighted by molar-refractivity contribution is 0.0589. The van der Waals surface area contributed by atoms with Crippen LogP contribution in [-0.4, -0.2) is 62.5 Å². The summed E-state index contributed by atoms with van der Waals surface area (Å²) in [6, 6.07) is 0. The van der Waals surface area contributed by atoms with Gasteiger partial charge in [0.15, 0.2) is 0 Å². The van der Waals surface area contributed by atoms with E-state index < -0.39 is 0 Å². The first kappa shape index (κ1) is 49.9. The Labute approximate surface area is 320 Å². The molecule has 0 aromatic heterocycles. The third kappa shape index (κ3) is 39.9. The highest BCUT2D eigenvalue weighted by Crippen LogP contribution is 2.15. The Morgan fingerprint density at radius 3 is 1.18 bits per heavy atom. The van der Waals surface area contributed by atoms with Gasteiger partial charge in [0.1, 0.15) is 6.61 Å². The van der Waals surface area contributed by atoms with Crippen molar-refractivity contribution in [1.82, 2.24) is 9.91 Å². The van der Waals surface area contributed by atoms with Crippen molar-refractivity contribution in [2.75, 3.05) is 52.5 Å². The summed E-state index contributed by atoms with van der Waals surface area (Å²) in [5.74, 6) is 0.905. The second-order valence-corrected chi connectivity index (χ2v) is 15.5. The van der Waals surface area contributed by atoms with Crippen LogP contribution < -0.4 is 0 Å². The summed E-state index contributed by atoms with van der Waals surface area (Å²) >= 11 is 0. The fourth-order valence-corrected chi connectivity index (χ4v) is 7.01. The molecule has 0 unspecified atom stereocenters. The number of allylic oxidation sites excluding steroid dienone is 1. The Bertz CT molecular complexity index is 672. The monoisotopic (exact) mass is 722 g/mol. The molecule has 0 N–H and O–H groups in total. The second kappa shape index (κ2) is 43.3. The minimum absolute atomic E-state index is 0.612. The molecule has 0 saturated carbocycles. The summed E-state index contributed by atoms with van der Waals surface area (Å²) in [7, 11) is 0. The van der Waals surface area contributed by atoms with Crippen LogP contribution in [0.5, 0.6) is 0 Å². The number of ether oxygens (including phenoxy) is 2. The average molecular weight is 722 g/mol. The van der Waals surface area contributed by atoms with E-state index in [2.05, 4.69) is 37.5 Å². The largest absolute Gasteiger partial charge is 0.496 e. The molecule has 6 heteroatoms. The van der Waals surface area contributed by atoms with Crippen LogP contribution in [0.25, 0.3) is 0 Å². The Kier molecular flexibility index (Phi) is 42.3. The molecule has 6 nitrogen and oxygen atoms in total. The molecule has 0 aliphatic rings. The van der Waals surface area contributed by atoms with Crippen LogP contribution in [-0.2, 0) is 9.47 Å². The molecule has 0 aliphatic heterocycles. The van der Waals surface area contributed by atoms with Crippen molar-refractivity contribution in [1.29, 1.82) is 0 Å². The van der Waals surface area contributed by atoms with Crippen LogP contribution in [0, 0.1) is 4.91 Å². The van der Waals surface area contributed by atoms with Crippen molar-refractivity contribution in [3.63, 3.8) is 0 Å². The number of unbranched alkanes of at least 4 members (excludes halogenated alkanes) is 27. The van der Waals surface area contributed by atoms with E-state index in [1.807, 2.05) is 0 Å². The molecule has 0 rings (SSSR count). The number of nitroso groups, excluding NO2 is 1. The van der Waals surface area contributed by atoms with Gasteiger partial charge in [-0.25, -0.2) is 0 Å². The molecule has 0 aliphatic carbocycles. The molecule has 0 aromatic carbocycles. The number of hydrogen-bond acceptors (Lipinski definition) is 5. The third-order valence-electron chi connectivity index (χ3n) is 10.5.